The van der Waals surface area contributed by atoms with Crippen LogP contribution in [0.15, 0.2) is 41.6 Å². The highest BCUT2D eigenvalue weighted by Crippen LogP contribution is 2.34. The average molecular weight is 302 g/mol. The minimum absolute atomic E-state index is 0.157. The van der Waals surface area contributed by atoms with E-state index in [1.165, 1.54) is 7.11 Å². The molecule has 1 aromatic carbocycles. The summed E-state index contributed by atoms with van der Waals surface area (Å²) in [5, 5.41) is 2.55. The van der Waals surface area contributed by atoms with E-state index in [1.807, 2.05) is 6.07 Å². The van der Waals surface area contributed by atoms with Gasteiger partial charge in [-0.2, -0.15) is 0 Å². The Kier molecular flexibility index (Phi) is 4.60. The number of rotatable bonds is 3. The number of methoxy groups -OCH3 is 1. The summed E-state index contributed by atoms with van der Waals surface area (Å²) in [7, 11) is 1.27. The van der Waals surface area contributed by atoms with E-state index in [0.717, 1.165) is 4.90 Å². The monoisotopic (exact) mass is 302 g/mol. The molecular weight excluding hydrogens is 284 g/mol. The minimum atomic E-state index is -0.783. The molecule has 1 N–H and O–H groups in total. The van der Waals surface area contributed by atoms with Crippen LogP contribution in [0.2, 0.25) is 0 Å². The molecule has 1 heterocycles. The Bertz CT molecular complexity index is 637. The topological polar surface area (TPSA) is 75.7 Å². The van der Waals surface area contributed by atoms with Gasteiger partial charge in [0.05, 0.1) is 12.7 Å². The van der Waals surface area contributed by atoms with Crippen LogP contribution in [0.5, 0.6) is 0 Å². The molecule has 0 bridgehead atoms. The zero-order valence-electron chi connectivity index (χ0n) is 12.8. The lowest BCUT2D eigenvalue weighted by Gasteiger charge is -2.36. The third kappa shape index (κ3) is 2.72. The fraction of sp³-hybridized carbons (Fsp3) is 0.312. The van der Waals surface area contributed by atoms with Crippen molar-refractivity contribution in [3.05, 3.63) is 47.2 Å². The van der Waals surface area contributed by atoms with Crippen LogP contribution >= 0.6 is 0 Å². The van der Waals surface area contributed by atoms with Gasteiger partial charge >= 0.3 is 12.0 Å². The number of carbonyl (C=O) groups excluding carboxylic acids is 3. The van der Waals surface area contributed by atoms with E-state index in [2.05, 4.69) is 5.32 Å². The van der Waals surface area contributed by atoms with Crippen LogP contribution < -0.4 is 5.32 Å². The van der Waals surface area contributed by atoms with Crippen LogP contribution in [0.4, 0.5) is 4.79 Å². The first-order valence-corrected chi connectivity index (χ1v) is 6.98. The zero-order valence-corrected chi connectivity index (χ0v) is 12.8. The highest BCUT2D eigenvalue weighted by Gasteiger charge is 2.40. The van der Waals surface area contributed by atoms with Crippen LogP contribution in [0, 0.1) is 0 Å². The maximum absolute atomic E-state index is 12.3. The van der Waals surface area contributed by atoms with Crippen molar-refractivity contribution >= 4 is 17.9 Å². The van der Waals surface area contributed by atoms with Gasteiger partial charge in [0.25, 0.3) is 0 Å². The van der Waals surface area contributed by atoms with Crippen LogP contribution in [0.1, 0.15) is 31.9 Å². The number of hydrogen-bond donors (Lipinski definition) is 1. The van der Waals surface area contributed by atoms with Crippen molar-refractivity contribution in [2.24, 2.45) is 0 Å². The number of urea groups is 1. The Hall–Kier alpha value is -2.63. The summed E-state index contributed by atoms with van der Waals surface area (Å²) >= 11 is 0. The first kappa shape index (κ1) is 15.8. The van der Waals surface area contributed by atoms with E-state index < -0.39 is 18.0 Å². The molecule has 22 heavy (non-hydrogen) atoms. The number of esters is 1. The predicted octanol–water partition coefficient (Wildman–Crippen LogP) is 2.14. The molecule has 0 fully saturated rings. The molecule has 6 nitrogen and oxygen atoms in total. The molecule has 116 valence electrons. The van der Waals surface area contributed by atoms with Crippen molar-refractivity contribution in [2.75, 3.05) is 7.11 Å². The smallest absolute Gasteiger partial charge is 0.337 e. The second kappa shape index (κ2) is 6.43. The molecule has 1 unspecified atom stereocenters. The standard InChI is InChI=1S/C16H18N2O4/c1-4-12(19)18-14(11-8-6-5-7-9-11)13(15(20)22-3)10(2)17-16(18)21/h5-9,14H,4H2,1-3H3,(H,17,21). The highest BCUT2D eigenvalue weighted by molar-refractivity contribution is 6.02. The van der Waals surface area contributed by atoms with Gasteiger partial charge in [-0.25, -0.2) is 9.59 Å². The summed E-state index contributed by atoms with van der Waals surface area (Å²) in [6.07, 6.45) is 0.157. The minimum Gasteiger partial charge on any atom is -0.466 e. The molecule has 0 spiro atoms. The van der Waals surface area contributed by atoms with Crippen LogP contribution in [-0.2, 0) is 14.3 Å². The largest absolute Gasteiger partial charge is 0.466 e. The second-order valence-corrected chi connectivity index (χ2v) is 4.89. The third-order valence-electron chi connectivity index (χ3n) is 3.54. The molecule has 1 aliphatic rings. The van der Waals surface area contributed by atoms with E-state index in [4.69, 9.17) is 4.74 Å². The van der Waals surface area contributed by atoms with Crippen molar-refractivity contribution in [3.8, 4) is 0 Å². The number of carbonyl (C=O) groups is 3. The number of benzene rings is 1. The Balaban J connectivity index is 2.63. The molecule has 0 saturated heterocycles. The van der Waals surface area contributed by atoms with Gasteiger partial charge in [0, 0.05) is 12.1 Å². The number of ether oxygens (including phenoxy) is 1. The van der Waals surface area contributed by atoms with Crippen molar-refractivity contribution < 1.29 is 19.1 Å². The molecule has 0 radical (unpaired) electrons. The summed E-state index contributed by atoms with van der Waals surface area (Å²) in [4.78, 5) is 37.7. The predicted molar refractivity (Wildman–Crippen MR) is 79.6 cm³/mol. The van der Waals surface area contributed by atoms with Crippen molar-refractivity contribution in [1.29, 1.82) is 0 Å². The molecular formula is C16H18N2O4. The Morgan fingerprint density at radius 3 is 2.45 bits per heavy atom. The molecule has 0 saturated carbocycles. The number of hydrogen-bond acceptors (Lipinski definition) is 4. The van der Waals surface area contributed by atoms with E-state index in [-0.39, 0.29) is 17.9 Å². The first-order chi connectivity index (χ1) is 10.5. The summed E-state index contributed by atoms with van der Waals surface area (Å²) in [6.45, 7) is 3.29. The van der Waals surface area contributed by atoms with Gasteiger partial charge in [-0.1, -0.05) is 37.3 Å². The van der Waals surface area contributed by atoms with Crippen molar-refractivity contribution in [3.63, 3.8) is 0 Å². The van der Waals surface area contributed by atoms with Crippen molar-refractivity contribution in [2.45, 2.75) is 26.3 Å². The number of amides is 3. The van der Waals surface area contributed by atoms with E-state index in [1.54, 1.807) is 38.1 Å². The molecule has 2 rings (SSSR count). The van der Waals surface area contributed by atoms with Gasteiger partial charge in [0.1, 0.15) is 6.04 Å². The lowest BCUT2D eigenvalue weighted by atomic mass is 9.93. The Morgan fingerprint density at radius 2 is 1.91 bits per heavy atom. The van der Waals surface area contributed by atoms with Gasteiger partial charge in [0.15, 0.2) is 0 Å². The van der Waals surface area contributed by atoms with Crippen LogP contribution in [0.25, 0.3) is 0 Å². The summed E-state index contributed by atoms with van der Waals surface area (Å²) in [6, 6.07) is 7.64. The van der Waals surface area contributed by atoms with Gasteiger partial charge in [-0.3, -0.25) is 9.69 Å². The summed E-state index contributed by atoms with van der Waals surface area (Å²) in [5.41, 5.74) is 1.33. The molecule has 1 aliphatic heterocycles. The zero-order chi connectivity index (χ0) is 16.3. The number of nitrogens with zero attached hydrogens (tertiary/aromatic N) is 1. The third-order valence-corrected chi connectivity index (χ3v) is 3.54. The highest BCUT2D eigenvalue weighted by atomic mass is 16.5. The fourth-order valence-electron chi connectivity index (χ4n) is 2.49. The van der Waals surface area contributed by atoms with E-state index >= 15 is 0 Å². The SMILES string of the molecule is CCC(=O)N1C(=O)NC(C)=C(C(=O)OC)C1c1ccccc1. The number of imide groups is 1. The maximum Gasteiger partial charge on any atom is 0.337 e. The Morgan fingerprint density at radius 1 is 1.27 bits per heavy atom. The van der Waals surface area contributed by atoms with Gasteiger partial charge in [-0.05, 0) is 12.5 Å². The molecule has 0 aliphatic carbocycles. The maximum atomic E-state index is 12.3. The van der Waals surface area contributed by atoms with Crippen molar-refractivity contribution in [1.82, 2.24) is 10.2 Å². The van der Waals surface area contributed by atoms with Gasteiger partial charge in [0.2, 0.25) is 5.91 Å². The van der Waals surface area contributed by atoms with Gasteiger partial charge in [-0.15, -0.1) is 0 Å². The lowest BCUT2D eigenvalue weighted by molar-refractivity contribution is -0.137. The summed E-state index contributed by atoms with van der Waals surface area (Å²) in [5.74, 6) is -0.930. The number of nitrogens with one attached hydrogen (secondary N) is 1. The van der Waals surface area contributed by atoms with Crippen LogP contribution in [0.3, 0.4) is 0 Å². The van der Waals surface area contributed by atoms with E-state index in [0.29, 0.717) is 11.3 Å². The molecule has 1 atom stereocenters. The second-order valence-electron chi connectivity index (χ2n) is 4.89. The quantitative estimate of drug-likeness (QED) is 0.868. The average Bonchev–Trinajstić information content (AvgIpc) is 2.53. The molecule has 0 aromatic heterocycles. The number of allylic oxidation sites excluding steroid dienone is 1. The summed E-state index contributed by atoms with van der Waals surface area (Å²) < 4.78 is 4.82. The molecule has 3 amide bonds. The van der Waals surface area contributed by atoms with Gasteiger partial charge < -0.3 is 10.1 Å². The normalized spacial score (nSPS) is 18.0. The Labute approximate surface area is 128 Å². The first-order valence-electron chi connectivity index (χ1n) is 6.98. The fourth-order valence-corrected chi connectivity index (χ4v) is 2.49. The van der Waals surface area contributed by atoms with E-state index in [9.17, 15) is 14.4 Å². The van der Waals surface area contributed by atoms with Crippen LogP contribution in [-0.4, -0.2) is 29.9 Å². The molecule has 6 heteroatoms. The lowest BCUT2D eigenvalue weighted by Crippen LogP contribution is -2.51. The molecule has 1 aromatic rings.